The third kappa shape index (κ3) is 4.44. The molecule has 0 atom stereocenters. The van der Waals surface area contributed by atoms with Gasteiger partial charge in [0.15, 0.2) is 0 Å². The van der Waals surface area contributed by atoms with Gasteiger partial charge in [-0.2, -0.15) is 11.3 Å². The van der Waals surface area contributed by atoms with Crippen LogP contribution < -0.4 is 5.32 Å². The summed E-state index contributed by atoms with van der Waals surface area (Å²) in [5.41, 5.74) is 4.67. The second-order valence-corrected chi connectivity index (χ2v) is 7.26. The number of hydrogen-bond donors (Lipinski definition) is 1. The van der Waals surface area contributed by atoms with Crippen molar-refractivity contribution in [2.45, 2.75) is 20.4 Å². The number of carbonyl (C=O) groups is 1. The van der Waals surface area contributed by atoms with Crippen LogP contribution in [0.4, 0.5) is 5.69 Å². The predicted molar refractivity (Wildman–Crippen MR) is 101 cm³/mol. The number of nitrogens with zero attached hydrogens (tertiary/aromatic N) is 2. The van der Waals surface area contributed by atoms with Crippen LogP contribution in [0.15, 0.2) is 35.0 Å². The number of aryl methyl sites for hydroxylation is 1. The van der Waals surface area contributed by atoms with Gasteiger partial charge in [-0.25, -0.2) is 0 Å². The lowest BCUT2D eigenvalue weighted by molar-refractivity contribution is -0.117. The van der Waals surface area contributed by atoms with E-state index in [2.05, 4.69) is 44.9 Å². The fourth-order valence-corrected chi connectivity index (χ4v) is 3.69. The monoisotopic (exact) mass is 343 g/mol. The smallest absolute Gasteiger partial charge is 0.238 e. The van der Waals surface area contributed by atoms with Crippen molar-refractivity contribution in [1.82, 2.24) is 9.80 Å². The topological polar surface area (TPSA) is 35.6 Å². The lowest BCUT2D eigenvalue weighted by atomic mass is 10.1. The van der Waals surface area contributed by atoms with Crippen molar-refractivity contribution in [1.29, 1.82) is 0 Å². The van der Waals surface area contributed by atoms with E-state index in [1.807, 2.05) is 19.1 Å². The Hall–Kier alpha value is -1.69. The highest BCUT2D eigenvalue weighted by molar-refractivity contribution is 7.07. The van der Waals surface area contributed by atoms with Crippen molar-refractivity contribution < 1.29 is 4.79 Å². The number of rotatable bonds is 5. The molecule has 2 heterocycles. The second kappa shape index (κ2) is 7.92. The molecule has 1 aromatic carbocycles. The zero-order chi connectivity index (χ0) is 16.9. The average Bonchev–Trinajstić information content (AvgIpc) is 3.07. The van der Waals surface area contributed by atoms with Crippen molar-refractivity contribution in [3.8, 4) is 0 Å². The van der Waals surface area contributed by atoms with Crippen LogP contribution in [0.5, 0.6) is 0 Å². The minimum Gasteiger partial charge on any atom is -0.325 e. The summed E-state index contributed by atoms with van der Waals surface area (Å²) in [6.07, 6.45) is 0. The SMILES string of the molecule is Cc1cccc(NC(=O)CN2CCN(Cc3ccsc3)CC2)c1C. The number of thiophene rings is 1. The van der Waals surface area contributed by atoms with Crippen LogP contribution in [0.3, 0.4) is 0 Å². The van der Waals surface area contributed by atoms with Gasteiger partial charge in [-0.3, -0.25) is 14.6 Å². The molecule has 24 heavy (non-hydrogen) atoms. The van der Waals surface area contributed by atoms with E-state index >= 15 is 0 Å². The zero-order valence-corrected chi connectivity index (χ0v) is 15.2. The van der Waals surface area contributed by atoms with E-state index in [1.54, 1.807) is 11.3 Å². The first-order valence-corrected chi connectivity index (χ1v) is 9.38. The first-order valence-electron chi connectivity index (χ1n) is 8.43. The fraction of sp³-hybridized carbons (Fsp3) is 0.421. The molecule has 0 radical (unpaired) electrons. The number of nitrogens with one attached hydrogen (secondary N) is 1. The molecule has 128 valence electrons. The number of benzene rings is 1. The number of anilines is 1. The molecule has 1 aliphatic heterocycles. The lowest BCUT2D eigenvalue weighted by Crippen LogP contribution is -2.48. The number of amides is 1. The summed E-state index contributed by atoms with van der Waals surface area (Å²) in [6, 6.07) is 8.21. The van der Waals surface area contributed by atoms with Crippen LogP contribution >= 0.6 is 11.3 Å². The molecule has 0 spiro atoms. The summed E-state index contributed by atoms with van der Waals surface area (Å²) in [5.74, 6) is 0.0787. The molecule has 0 bridgehead atoms. The summed E-state index contributed by atoms with van der Waals surface area (Å²) in [6.45, 7) is 9.55. The molecular weight excluding hydrogens is 318 g/mol. The molecule has 3 rings (SSSR count). The van der Waals surface area contributed by atoms with Gasteiger partial charge in [0.05, 0.1) is 6.54 Å². The number of carbonyl (C=O) groups excluding carboxylic acids is 1. The zero-order valence-electron chi connectivity index (χ0n) is 14.4. The van der Waals surface area contributed by atoms with Gasteiger partial charge in [0, 0.05) is 38.4 Å². The summed E-state index contributed by atoms with van der Waals surface area (Å²) in [7, 11) is 0. The predicted octanol–water partition coefficient (Wildman–Crippen LogP) is 3.12. The first-order chi connectivity index (χ1) is 11.6. The van der Waals surface area contributed by atoms with Crippen molar-refractivity contribution in [3.63, 3.8) is 0 Å². The molecule has 1 N–H and O–H groups in total. The van der Waals surface area contributed by atoms with Crippen molar-refractivity contribution in [2.75, 3.05) is 38.0 Å². The Morgan fingerprint density at radius 3 is 2.58 bits per heavy atom. The van der Waals surface area contributed by atoms with E-state index in [0.29, 0.717) is 6.54 Å². The molecular formula is C19H25N3OS. The molecule has 1 fully saturated rings. The molecule has 4 nitrogen and oxygen atoms in total. The van der Waals surface area contributed by atoms with Crippen LogP contribution in [0.25, 0.3) is 0 Å². The van der Waals surface area contributed by atoms with Gasteiger partial charge in [0.1, 0.15) is 0 Å². The maximum Gasteiger partial charge on any atom is 0.238 e. The standard InChI is InChI=1S/C19H25N3OS/c1-15-4-3-5-18(16(15)2)20-19(23)13-22-9-7-21(8-10-22)12-17-6-11-24-14-17/h3-6,11,14H,7-10,12-13H2,1-2H3,(H,20,23). The van der Waals surface area contributed by atoms with E-state index in [9.17, 15) is 4.79 Å². The van der Waals surface area contributed by atoms with Gasteiger partial charge in [-0.15, -0.1) is 0 Å². The summed E-state index contributed by atoms with van der Waals surface area (Å²) >= 11 is 1.75. The van der Waals surface area contributed by atoms with Gasteiger partial charge >= 0.3 is 0 Å². The highest BCUT2D eigenvalue weighted by Crippen LogP contribution is 2.18. The Balaban J connectivity index is 1.45. The quantitative estimate of drug-likeness (QED) is 0.906. The Bertz CT molecular complexity index is 676. The minimum atomic E-state index is 0.0787. The largest absolute Gasteiger partial charge is 0.325 e. The van der Waals surface area contributed by atoms with Gasteiger partial charge < -0.3 is 5.32 Å². The second-order valence-electron chi connectivity index (χ2n) is 6.48. The van der Waals surface area contributed by atoms with E-state index < -0.39 is 0 Å². The van der Waals surface area contributed by atoms with E-state index in [-0.39, 0.29) is 5.91 Å². The highest BCUT2D eigenvalue weighted by Gasteiger charge is 2.19. The van der Waals surface area contributed by atoms with E-state index in [4.69, 9.17) is 0 Å². The van der Waals surface area contributed by atoms with Crippen molar-refractivity contribution in [3.05, 3.63) is 51.7 Å². The van der Waals surface area contributed by atoms with Crippen LogP contribution in [0, 0.1) is 13.8 Å². The third-order valence-corrected chi connectivity index (χ3v) is 5.43. The Morgan fingerprint density at radius 1 is 1.12 bits per heavy atom. The molecule has 1 aliphatic rings. The number of hydrogen-bond acceptors (Lipinski definition) is 4. The third-order valence-electron chi connectivity index (χ3n) is 4.70. The van der Waals surface area contributed by atoms with Gasteiger partial charge in [0.25, 0.3) is 0 Å². The van der Waals surface area contributed by atoms with Crippen LogP contribution in [0.1, 0.15) is 16.7 Å². The lowest BCUT2D eigenvalue weighted by Gasteiger charge is -2.34. The molecule has 1 amide bonds. The Morgan fingerprint density at radius 2 is 1.88 bits per heavy atom. The maximum absolute atomic E-state index is 12.3. The summed E-state index contributed by atoms with van der Waals surface area (Å²) < 4.78 is 0. The molecule has 1 aromatic heterocycles. The Kier molecular flexibility index (Phi) is 5.66. The first kappa shape index (κ1) is 17.1. The minimum absolute atomic E-state index is 0.0787. The molecule has 1 saturated heterocycles. The molecule has 5 heteroatoms. The normalized spacial score (nSPS) is 16.2. The van der Waals surface area contributed by atoms with Gasteiger partial charge in [-0.05, 0) is 53.4 Å². The fourth-order valence-electron chi connectivity index (χ4n) is 3.03. The van der Waals surface area contributed by atoms with Crippen LogP contribution in [-0.2, 0) is 11.3 Å². The molecule has 0 aliphatic carbocycles. The van der Waals surface area contributed by atoms with Crippen molar-refractivity contribution in [2.24, 2.45) is 0 Å². The van der Waals surface area contributed by atoms with Crippen molar-refractivity contribution >= 4 is 22.9 Å². The maximum atomic E-state index is 12.3. The molecule has 0 saturated carbocycles. The average molecular weight is 343 g/mol. The van der Waals surface area contributed by atoms with Gasteiger partial charge in [0.2, 0.25) is 5.91 Å². The van der Waals surface area contributed by atoms with Gasteiger partial charge in [-0.1, -0.05) is 12.1 Å². The highest BCUT2D eigenvalue weighted by atomic mass is 32.1. The van der Waals surface area contributed by atoms with Crippen LogP contribution in [0.2, 0.25) is 0 Å². The van der Waals surface area contributed by atoms with E-state index in [0.717, 1.165) is 44.0 Å². The molecule has 0 unspecified atom stereocenters. The van der Waals surface area contributed by atoms with Crippen LogP contribution in [-0.4, -0.2) is 48.4 Å². The number of piperazine rings is 1. The summed E-state index contributed by atoms with van der Waals surface area (Å²) in [4.78, 5) is 17.0. The van der Waals surface area contributed by atoms with E-state index in [1.165, 1.54) is 11.1 Å². The molecule has 2 aromatic rings. The summed E-state index contributed by atoms with van der Waals surface area (Å²) in [5, 5.41) is 7.39. The Labute approximate surface area is 148 Å².